The number of hydrogen-bond donors (Lipinski definition) is 1. The summed E-state index contributed by atoms with van der Waals surface area (Å²) in [5, 5.41) is 10.6. The second-order valence-corrected chi connectivity index (χ2v) is 4.08. The molecule has 3 rings (SSSR count). The van der Waals surface area contributed by atoms with Crippen molar-refractivity contribution in [3.05, 3.63) is 52.2 Å². The standard InChI is InChI=1S/C14H10O3/c1-8-5-6-9-12(7-8)17-14-10(13(9)16)3-2-4-11(14)15/h2-7,15H,1H3. The van der Waals surface area contributed by atoms with Crippen LogP contribution in [-0.2, 0) is 0 Å². The number of aromatic hydroxyl groups is 1. The van der Waals surface area contributed by atoms with Gasteiger partial charge in [0.25, 0.3) is 0 Å². The van der Waals surface area contributed by atoms with Crippen LogP contribution < -0.4 is 5.43 Å². The normalized spacial score (nSPS) is 11.1. The van der Waals surface area contributed by atoms with Crippen LogP contribution in [0.4, 0.5) is 0 Å². The van der Waals surface area contributed by atoms with Crippen LogP contribution in [0.25, 0.3) is 21.9 Å². The number of fused-ring (bicyclic) bond motifs is 2. The second kappa shape index (κ2) is 3.35. The predicted molar refractivity (Wildman–Crippen MR) is 66.4 cm³/mol. The zero-order chi connectivity index (χ0) is 12.0. The lowest BCUT2D eigenvalue weighted by Crippen LogP contribution is -2.01. The Morgan fingerprint density at radius 2 is 1.94 bits per heavy atom. The summed E-state index contributed by atoms with van der Waals surface area (Å²) in [7, 11) is 0. The molecule has 3 nitrogen and oxygen atoms in total. The molecular weight excluding hydrogens is 216 g/mol. The first-order valence-electron chi connectivity index (χ1n) is 5.32. The Kier molecular flexibility index (Phi) is 1.95. The molecule has 17 heavy (non-hydrogen) atoms. The van der Waals surface area contributed by atoms with Crippen molar-refractivity contribution in [2.45, 2.75) is 6.92 Å². The molecule has 0 saturated carbocycles. The third-order valence-electron chi connectivity index (χ3n) is 2.83. The zero-order valence-electron chi connectivity index (χ0n) is 9.23. The smallest absolute Gasteiger partial charge is 0.200 e. The van der Waals surface area contributed by atoms with E-state index < -0.39 is 0 Å². The molecule has 0 spiro atoms. The molecule has 0 amide bonds. The van der Waals surface area contributed by atoms with E-state index in [-0.39, 0.29) is 16.8 Å². The van der Waals surface area contributed by atoms with Crippen LogP contribution in [0, 0.1) is 6.92 Å². The van der Waals surface area contributed by atoms with Crippen molar-refractivity contribution >= 4 is 21.9 Å². The SMILES string of the molecule is Cc1ccc2c(=O)c3cccc(O)c3oc2c1. The minimum absolute atomic E-state index is 0.0111. The van der Waals surface area contributed by atoms with E-state index in [1.165, 1.54) is 6.07 Å². The molecule has 3 heteroatoms. The molecule has 0 aliphatic rings. The van der Waals surface area contributed by atoms with E-state index in [2.05, 4.69) is 0 Å². The van der Waals surface area contributed by atoms with Crippen LogP contribution in [0.1, 0.15) is 5.56 Å². The van der Waals surface area contributed by atoms with Gasteiger partial charge in [-0.05, 0) is 36.8 Å². The molecule has 0 aliphatic carbocycles. The van der Waals surface area contributed by atoms with Crippen LogP contribution in [0.3, 0.4) is 0 Å². The van der Waals surface area contributed by atoms with Crippen molar-refractivity contribution in [1.82, 2.24) is 0 Å². The monoisotopic (exact) mass is 226 g/mol. The molecule has 0 atom stereocenters. The molecule has 84 valence electrons. The Hall–Kier alpha value is -2.29. The Morgan fingerprint density at radius 3 is 2.76 bits per heavy atom. The minimum atomic E-state index is -0.114. The van der Waals surface area contributed by atoms with Crippen LogP contribution in [0.5, 0.6) is 5.75 Å². The number of para-hydroxylation sites is 1. The van der Waals surface area contributed by atoms with E-state index in [1.807, 2.05) is 13.0 Å². The number of rotatable bonds is 0. The molecule has 1 aromatic heterocycles. The minimum Gasteiger partial charge on any atom is -0.504 e. The third-order valence-corrected chi connectivity index (χ3v) is 2.83. The summed E-state index contributed by atoms with van der Waals surface area (Å²) in [6.07, 6.45) is 0. The lowest BCUT2D eigenvalue weighted by molar-refractivity contribution is 0.467. The van der Waals surface area contributed by atoms with Gasteiger partial charge in [0.2, 0.25) is 5.43 Å². The summed E-state index contributed by atoms with van der Waals surface area (Å²) in [6.45, 7) is 1.93. The molecule has 0 saturated heterocycles. The highest BCUT2D eigenvalue weighted by atomic mass is 16.4. The molecule has 0 aliphatic heterocycles. The first kappa shape index (κ1) is 9.90. The van der Waals surface area contributed by atoms with Gasteiger partial charge in [-0.1, -0.05) is 12.1 Å². The average molecular weight is 226 g/mol. The topological polar surface area (TPSA) is 50.4 Å². The van der Waals surface area contributed by atoms with Crippen LogP contribution in [-0.4, -0.2) is 5.11 Å². The molecular formula is C14H10O3. The van der Waals surface area contributed by atoms with E-state index in [1.54, 1.807) is 24.3 Å². The van der Waals surface area contributed by atoms with Crippen molar-refractivity contribution in [3.63, 3.8) is 0 Å². The summed E-state index contributed by atoms with van der Waals surface area (Å²) in [5.74, 6) is -0.0111. The van der Waals surface area contributed by atoms with Gasteiger partial charge in [0.05, 0.1) is 10.8 Å². The predicted octanol–water partition coefficient (Wildman–Crippen LogP) is 2.96. The summed E-state index contributed by atoms with van der Waals surface area (Å²) in [4.78, 5) is 12.2. The van der Waals surface area contributed by atoms with Crippen molar-refractivity contribution in [2.75, 3.05) is 0 Å². The Labute approximate surface area is 96.9 Å². The molecule has 1 heterocycles. The maximum absolute atomic E-state index is 12.2. The number of phenolic OH excluding ortho intramolecular Hbond substituents is 1. The quantitative estimate of drug-likeness (QED) is 0.599. The van der Waals surface area contributed by atoms with Crippen LogP contribution in [0.2, 0.25) is 0 Å². The fourth-order valence-corrected chi connectivity index (χ4v) is 1.97. The van der Waals surface area contributed by atoms with Gasteiger partial charge in [0, 0.05) is 0 Å². The fourth-order valence-electron chi connectivity index (χ4n) is 1.97. The van der Waals surface area contributed by atoms with E-state index in [9.17, 15) is 9.90 Å². The summed E-state index contributed by atoms with van der Waals surface area (Å²) in [6, 6.07) is 10.2. The van der Waals surface area contributed by atoms with Gasteiger partial charge in [-0.2, -0.15) is 0 Å². The highest BCUT2D eigenvalue weighted by Gasteiger charge is 2.09. The summed E-state index contributed by atoms with van der Waals surface area (Å²) >= 11 is 0. The largest absolute Gasteiger partial charge is 0.504 e. The van der Waals surface area contributed by atoms with E-state index in [0.717, 1.165) is 5.56 Å². The molecule has 2 aromatic carbocycles. The van der Waals surface area contributed by atoms with Gasteiger partial charge in [-0.15, -0.1) is 0 Å². The van der Waals surface area contributed by atoms with Crippen molar-refractivity contribution in [2.24, 2.45) is 0 Å². The highest BCUT2D eigenvalue weighted by Crippen LogP contribution is 2.26. The molecule has 3 aromatic rings. The summed E-state index contributed by atoms with van der Waals surface area (Å²) in [5.41, 5.74) is 1.65. The molecule has 0 bridgehead atoms. The van der Waals surface area contributed by atoms with E-state index in [0.29, 0.717) is 16.4 Å². The maximum Gasteiger partial charge on any atom is 0.200 e. The van der Waals surface area contributed by atoms with E-state index >= 15 is 0 Å². The lowest BCUT2D eigenvalue weighted by Gasteiger charge is -2.03. The van der Waals surface area contributed by atoms with Gasteiger partial charge in [0.15, 0.2) is 11.3 Å². The maximum atomic E-state index is 12.2. The van der Waals surface area contributed by atoms with Gasteiger partial charge >= 0.3 is 0 Å². The van der Waals surface area contributed by atoms with Gasteiger partial charge in [-0.25, -0.2) is 0 Å². The average Bonchev–Trinajstić information content (AvgIpc) is 2.30. The summed E-state index contributed by atoms with van der Waals surface area (Å²) < 4.78 is 5.59. The number of benzene rings is 2. The number of phenols is 1. The van der Waals surface area contributed by atoms with Crippen molar-refractivity contribution in [3.8, 4) is 5.75 Å². The number of aryl methyl sites for hydroxylation is 1. The van der Waals surface area contributed by atoms with Gasteiger partial charge in [0.1, 0.15) is 5.58 Å². The van der Waals surface area contributed by atoms with Crippen molar-refractivity contribution < 1.29 is 9.52 Å². The molecule has 0 unspecified atom stereocenters. The van der Waals surface area contributed by atoms with Gasteiger partial charge in [-0.3, -0.25) is 4.79 Å². The fraction of sp³-hybridized carbons (Fsp3) is 0.0714. The third kappa shape index (κ3) is 1.40. The van der Waals surface area contributed by atoms with Gasteiger partial charge < -0.3 is 9.52 Å². The first-order chi connectivity index (χ1) is 8.16. The molecule has 0 fully saturated rings. The Morgan fingerprint density at radius 1 is 1.12 bits per heavy atom. The molecule has 0 radical (unpaired) electrons. The first-order valence-corrected chi connectivity index (χ1v) is 5.32. The number of hydrogen-bond acceptors (Lipinski definition) is 3. The second-order valence-electron chi connectivity index (χ2n) is 4.08. The lowest BCUT2D eigenvalue weighted by atomic mass is 10.1. The molecule has 1 N–H and O–H groups in total. The van der Waals surface area contributed by atoms with Crippen molar-refractivity contribution in [1.29, 1.82) is 0 Å². The van der Waals surface area contributed by atoms with Crippen LogP contribution >= 0.6 is 0 Å². The Balaban J connectivity index is 2.62. The van der Waals surface area contributed by atoms with Crippen LogP contribution in [0.15, 0.2) is 45.6 Å². The Bertz CT molecular complexity index is 784. The zero-order valence-corrected chi connectivity index (χ0v) is 9.23. The highest BCUT2D eigenvalue weighted by molar-refractivity contribution is 5.92. The van der Waals surface area contributed by atoms with E-state index in [4.69, 9.17) is 4.42 Å².